The van der Waals surface area contributed by atoms with Crippen LogP contribution in [0.1, 0.15) is 31.9 Å². The minimum atomic E-state index is -0.536. The molecule has 154 valence electrons. The Hall–Kier alpha value is -2.80. The van der Waals surface area contributed by atoms with Crippen LogP contribution in [-0.2, 0) is 20.1 Å². The summed E-state index contributed by atoms with van der Waals surface area (Å²) < 4.78 is 10.6. The Kier molecular flexibility index (Phi) is 8.73. The van der Waals surface area contributed by atoms with Gasteiger partial charge in [0.2, 0.25) is 5.91 Å². The van der Waals surface area contributed by atoms with Crippen molar-refractivity contribution in [2.75, 3.05) is 12.4 Å². The molecule has 0 saturated carbocycles. The topological polar surface area (TPSA) is 77.0 Å². The summed E-state index contributed by atoms with van der Waals surface area (Å²) in [5.74, 6) is 1.09. The summed E-state index contributed by atoms with van der Waals surface area (Å²) in [6.45, 7) is 5.26. The maximum Gasteiger partial charge on any atom is 0.344 e. The maximum absolute atomic E-state index is 11.8. The first-order valence-corrected chi connectivity index (χ1v) is 10.4. The number of esters is 1. The summed E-state index contributed by atoms with van der Waals surface area (Å²) in [7, 11) is 0. The van der Waals surface area contributed by atoms with Crippen molar-refractivity contribution < 1.29 is 19.1 Å². The van der Waals surface area contributed by atoms with E-state index in [9.17, 15) is 9.59 Å². The highest BCUT2D eigenvalue weighted by atomic mass is 32.2. The van der Waals surface area contributed by atoms with Crippen LogP contribution >= 0.6 is 11.8 Å². The molecular formula is C22H26N2O4S. The van der Waals surface area contributed by atoms with Gasteiger partial charge in [0.1, 0.15) is 11.4 Å². The third-order valence-electron chi connectivity index (χ3n) is 3.40. The predicted molar refractivity (Wildman–Crippen MR) is 116 cm³/mol. The van der Waals surface area contributed by atoms with E-state index in [0.717, 1.165) is 11.3 Å². The second-order valence-electron chi connectivity index (χ2n) is 7.22. The summed E-state index contributed by atoms with van der Waals surface area (Å²) in [6.07, 6.45) is 1.55. The molecular weight excluding hydrogens is 388 g/mol. The maximum atomic E-state index is 11.8. The molecule has 0 unspecified atom stereocenters. The lowest BCUT2D eigenvalue weighted by atomic mass is 10.2. The van der Waals surface area contributed by atoms with Gasteiger partial charge in [-0.1, -0.05) is 30.3 Å². The van der Waals surface area contributed by atoms with Crippen LogP contribution in [0, 0.1) is 0 Å². The summed E-state index contributed by atoms with van der Waals surface area (Å²) in [4.78, 5) is 23.5. The van der Waals surface area contributed by atoms with Gasteiger partial charge in [0.25, 0.3) is 0 Å². The van der Waals surface area contributed by atoms with E-state index in [1.54, 1.807) is 51.3 Å². The van der Waals surface area contributed by atoms with Crippen LogP contribution in [0.5, 0.6) is 5.75 Å². The molecule has 0 spiro atoms. The van der Waals surface area contributed by atoms with E-state index < -0.39 is 11.6 Å². The van der Waals surface area contributed by atoms with Crippen molar-refractivity contribution in [3.63, 3.8) is 0 Å². The zero-order valence-corrected chi connectivity index (χ0v) is 17.7. The molecule has 0 heterocycles. The predicted octanol–water partition coefficient (Wildman–Crippen LogP) is 3.79. The monoisotopic (exact) mass is 414 g/mol. The molecule has 0 aliphatic carbocycles. The fourth-order valence-corrected chi connectivity index (χ4v) is 2.99. The van der Waals surface area contributed by atoms with Crippen LogP contribution in [0.2, 0.25) is 0 Å². The Morgan fingerprint density at radius 2 is 1.76 bits per heavy atom. The molecule has 2 rings (SSSR count). The smallest absolute Gasteiger partial charge is 0.344 e. The molecule has 0 aromatic heterocycles. The molecule has 0 radical (unpaired) electrons. The van der Waals surface area contributed by atoms with Gasteiger partial charge in [-0.2, -0.15) is 5.10 Å². The molecule has 0 aliphatic rings. The first-order chi connectivity index (χ1) is 13.8. The molecule has 0 saturated heterocycles. The molecule has 0 aliphatic heterocycles. The normalized spacial score (nSPS) is 11.3. The van der Waals surface area contributed by atoms with Crippen molar-refractivity contribution in [3.8, 4) is 5.75 Å². The lowest BCUT2D eigenvalue weighted by Gasteiger charge is -2.19. The quantitative estimate of drug-likeness (QED) is 0.384. The van der Waals surface area contributed by atoms with Crippen molar-refractivity contribution in [2.24, 2.45) is 5.10 Å². The molecule has 29 heavy (non-hydrogen) atoms. The summed E-state index contributed by atoms with van der Waals surface area (Å²) in [6, 6.07) is 17.0. The van der Waals surface area contributed by atoms with Gasteiger partial charge in [0, 0.05) is 5.75 Å². The minimum Gasteiger partial charge on any atom is -0.482 e. The van der Waals surface area contributed by atoms with E-state index in [-0.39, 0.29) is 12.5 Å². The Labute approximate surface area is 175 Å². The van der Waals surface area contributed by atoms with Crippen LogP contribution in [0.25, 0.3) is 0 Å². The van der Waals surface area contributed by atoms with Crippen molar-refractivity contribution >= 4 is 29.9 Å². The zero-order chi connectivity index (χ0) is 21.1. The lowest BCUT2D eigenvalue weighted by molar-refractivity contribution is -0.157. The summed E-state index contributed by atoms with van der Waals surface area (Å²) >= 11 is 1.53. The van der Waals surface area contributed by atoms with Gasteiger partial charge in [-0.25, -0.2) is 10.2 Å². The van der Waals surface area contributed by atoms with Crippen LogP contribution in [-0.4, -0.2) is 36.1 Å². The van der Waals surface area contributed by atoms with Gasteiger partial charge in [-0.05, 0) is 56.2 Å². The molecule has 0 fully saturated rings. The van der Waals surface area contributed by atoms with E-state index >= 15 is 0 Å². The number of ether oxygens (including phenoxy) is 2. The van der Waals surface area contributed by atoms with Crippen LogP contribution < -0.4 is 10.2 Å². The number of carbonyl (C=O) groups excluding carboxylic acids is 2. The Bertz CT molecular complexity index is 815. The molecule has 7 heteroatoms. The molecule has 1 amide bonds. The van der Waals surface area contributed by atoms with Crippen LogP contribution in [0.4, 0.5) is 0 Å². The number of hydrazone groups is 1. The Morgan fingerprint density at radius 3 is 2.41 bits per heavy atom. The van der Waals surface area contributed by atoms with Crippen molar-refractivity contribution in [2.45, 2.75) is 32.1 Å². The number of nitrogens with one attached hydrogen (secondary N) is 1. The van der Waals surface area contributed by atoms with Crippen LogP contribution in [0.3, 0.4) is 0 Å². The number of thioether (sulfide) groups is 1. The second-order valence-corrected chi connectivity index (χ2v) is 8.20. The number of rotatable bonds is 9. The molecule has 2 aromatic rings. The van der Waals surface area contributed by atoms with Gasteiger partial charge in [0.15, 0.2) is 6.61 Å². The van der Waals surface area contributed by atoms with Gasteiger partial charge in [-0.15, -0.1) is 11.8 Å². The first-order valence-electron chi connectivity index (χ1n) is 9.20. The number of nitrogens with zero attached hydrogens (tertiary/aromatic N) is 1. The van der Waals surface area contributed by atoms with Crippen molar-refractivity contribution in [1.82, 2.24) is 5.43 Å². The van der Waals surface area contributed by atoms with Crippen molar-refractivity contribution in [3.05, 3.63) is 65.7 Å². The number of benzene rings is 2. The number of amides is 1. The fraction of sp³-hybridized carbons (Fsp3) is 0.318. The highest BCUT2D eigenvalue weighted by Gasteiger charge is 2.16. The Morgan fingerprint density at radius 1 is 1.07 bits per heavy atom. The molecule has 0 atom stereocenters. The minimum absolute atomic E-state index is 0.151. The summed E-state index contributed by atoms with van der Waals surface area (Å²) in [5, 5.41) is 3.96. The standard InChI is InChI=1S/C22H26N2O4S/c1-22(2,3)28-21(26)14-27-19-11-9-17(10-12-19)13-23-24-20(25)16-29-15-18-7-5-4-6-8-18/h4-13H,14-16H2,1-3H3,(H,24,25). The Balaban J connectivity index is 1.68. The zero-order valence-electron chi connectivity index (χ0n) is 16.9. The number of carbonyl (C=O) groups is 2. The second kappa shape index (κ2) is 11.3. The van der Waals surface area contributed by atoms with E-state index in [0.29, 0.717) is 11.5 Å². The van der Waals surface area contributed by atoms with Gasteiger partial charge in [0.05, 0.1) is 12.0 Å². The molecule has 0 bridgehead atoms. The largest absolute Gasteiger partial charge is 0.482 e. The highest BCUT2D eigenvalue weighted by molar-refractivity contribution is 7.99. The van der Waals surface area contributed by atoms with E-state index in [1.807, 2.05) is 30.3 Å². The SMILES string of the molecule is CC(C)(C)OC(=O)COc1ccc(C=NNC(=O)CSCc2ccccc2)cc1. The number of hydrogen-bond donors (Lipinski definition) is 1. The van der Waals surface area contributed by atoms with E-state index in [1.165, 1.54) is 17.3 Å². The fourth-order valence-electron chi connectivity index (χ4n) is 2.21. The summed E-state index contributed by atoms with van der Waals surface area (Å²) in [5.41, 5.74) is 3.96. The molecule has 2 aromatic carbocycles. The van der Waals surface area contributed by atoms with Gasteiger partial charge in [-0.3, -0.25) is 4.79 Å². The average Bonchev–Trinajstić information content (AvgIpc) is 2.67. The van der Waals surface area contributed by atoms with Crippen LogP contribution in [0.15, 0.2) is 59.7 Å². The highest BCUT2D eigenvalue weighted by Crippen LogP contribution is 2.13. The molecule has 6 nitrogen and oxygen atoms in total. The number of hydrogen-bond acceptors (Lipinski definition) is 6. The molecule has 1 N–H and O–H groups in total. The van der Waals surface area contributed by atoms with Crippen molar-refractivity contribution in [1.29, 1.82) is 0 Å². The van der Waals surface area contributed by atoms with Gasteiger partial charge >= 0.3 is 5.97 Å². The van der Waals surface area contributed by atoms with E-state index in [4.69, 9.17) is 9.47 Å². The third kappa shape index (κ3) is 9.80. The third-order valence-corrected chi connectivity index (χ3v) is 4.41. The first kappa shape index (κ1) is 22.5. The van der Waals surface area contributed by atoms with Gasteiger partial charge < -0.3 is 9.47 Å². The van der Waals surface area contributed by atoms with E-state index in [2.05, 4.69) is 10.5 Å². The lowest BCUT2D eigenvalue weighted by Crippen LogP contribution is -2.27. The average molecular weight is 415 g/mol.